The molecule has 8 heteroatoms. The van der Waals surface area contributed by atoms with E-state index in [0.29, 0.717) is 16.6 Å². The van der Waals surface area contributed by atoms with E-state index in [-0.39, 0.29) is 22.4 Å². The van der Waals surface area contributed by atoms with Gasteiger partial charge in [0.1, 0.15) is 5.82 Å². The number of carbonyl (C=O) groups excluding carboxylic acids is 1. The van der Waals surface area contributed by atoms with Gasteiger partial charge >= 0.3 is 0 Å². The number of aliphatic hydroxyl groups is 1. The number of hydrogen-bond donors (Lipinski definition) is 3. The van der Waals surface area contributed by atoms with Crippen molar-refractivity contribution >= 4 is 29.0 Å². The zero-order chi connectivity index (χ0) is 22.0. The molecule has 4 aromatic rings. The van der Waals surface area contributed by atoms with E-state index in [1.54, 1.807) is 30.3 Å². The monoisotopic (exact) mass is 435 g/mol. The summed E-state index contributed by atoms with van der Waals surface area (Å²) in [5.41, 5.74) is 0.905. The van der Waals surface area contributed by atoms with Gasteiger partial charge in [-0.3, -0.25) is 9.59 Å². The molecule has 0 radical (unpaired) electrons. The number of fused-ring (bicyclic) bond motifs is 1. The van der Waals surface area contributed by atoms with Gasteiger partial charge in [-0.05, 0) is 48.1 Å². The Morgan fingerprint density at radius 3 is 2.55 bits per heavy atom. The van der Waals surface area contributed by atoms with Gasteiger partial charge in [0.05, 0.1) is 22.7 Å². The molecule has 0 aliphatic carbocycles. The van der Waals surface area contributed by atoms with Crippen LogP contribution in [0.15, 0.2) is 77.6 Å². The molecular formula is C23H18FN3O3S. The number of para-hydroxylation sites is 1. The third kappa shape index (κ3) is 4.16. The highest BCUT2D eigenvalue weighted by molar-refractivity contribution is 7.71. The average Bonchev–Trinajstić information content (AvgIpc) is 2.78. The Hall–Kier alpha value is -3.62. The molecule has 1 unspecified atom stereocenters. The molecule has 6 nitrogen and oxygen atoms in total. The number of carbonyl (C=O) groups is 1. The van der Waals surface area contributed by atoms with E-state index in [1.807, 2.05) is 6.07 Å². The van der Waals surface area contributed by atoms with Crippen LogP contribution < -0.4 is 10.9 Å². The topological polar surface area (TPSA) is 87.1 Å². The number of aromatic nitrogens is 2. The Balaban J connectivity index is 1.62. The second-order valence-electron chi connectivity index (χ2n) is 6.92. The van der Waals surface area contributed by atoms with Gasteiger partial charge in [-0.1, -0.05) is 42.5 Å². The van der Waals surface area contributed by atoms with Gasteiger partial charge in [-0.25, -0.2) is 8.96 Å². The number of halogens is 1. The third-order valence-corrected chi connectivity index (χ3v) is 5.18. The third-order valence-electron chi connectivity index (χ3n) is 4.89. The van der Waals surface area contributed by atoms with Crippen LogP contribution in [0.3, 0.4) is 0 Å². The lowest BCUT2D eigenvalue weighted by atomic mass is 10.1. The molecule has 0 saturated carbocycles. The van der Waals surface area contributed by atoms with Crippen molar-refractivity contribution in [3.63, 3.8) is 0 Å². The van der Waals surface area contributed by atoms with Crippen LogP contribution >= 0.6 is 12.2 Å². The molecule has 0 bridgehead atoms. The molecule has 1 atom stereocenters. The van der Waals surface area contributed by atoms with E-state index in [0.717, 1.165) is 4.57 Å². The predicted molar refractivity (Wildman–Crippen MR) is 118 cm³/mol. The Morgan fingerprint density at radius 2 is 1.81 bits per heavy atom. The maximum Gasteiger partial charge on any atom is 0.266 e. The highest BCUT2D eigenvalue weighted by Crippen LogP contribution is 2.16. The van der Waals surface area contributed by atoms with Crippen molar-refractivity contribution in [1.82, 2.24) is 14.9 Å². The van der Waals surface area contributed by atoms with E-state index < -0.39 is 23.4 Å². The molecular weight excluding hydrogens is 417 g/mol. The lowest BCUT2D eigenvalue weighted by molar-refractivity contribution is 0.0916. The molecule has 3 aromatic carbocycles. The zero-order valence-corrected chi connectivity index (χ0v) is 17.0. The van der Waals surface area contributed by atoms with Crippen molar-refractivity contribution in [2.45, 2.75) is 6.10 Å². The van der Waals surface area contributed by atoms with E-state index in [1.165, 1.54) is 36.4 Å². The summed E-state index contributed by atoms with van der Waals surface area (Å²) in [6.07, 6.45) is -0.843. The first-order valence-electron chi connectivity index (χ1n) is 9.51. The number of rotatable bonds is 5. The van der Waals surface area contributed by atoms with Crippen LogP contribution in [0, 0.1) is 10.6 Å². The van der Waals surface area contributed by atoms with Crippen LogP contribution in [0.5, 0.6) is 0 Å². The second-order valence-corrected chi connectivity index (χ2v) is 7.31. The lowest BCUT2D eigenvalue weighted by Crippen LogP contribution is -2.28. The van der Waals surface area contributed by atoms with Crippen molar-refractivity contribution in [1.29, 1.82) is 0 Å². The number of nitrogens with one attached hydrogen (secondary N) is 2. The molecule has 1 heterocycles. The standard InChI is InChI=1S/C23H18FN3O3S/c24-17-8-4-5-9-19(17)27-22(30)16-11-10-15(12-18(16)26-23(27)31)21(29)25-13-20(28)14-6-2-1-3-7-14/h1-12,20,28H,13H2,(H,25,29)(H,26,31). The van der Waals surface area contributed by atoms with Gasteiger partial charge in [-0.15, -0.1) is 0 Å². The number of H-pyrrole nitrogens is 1. The Morgan fingerprint density at radius 1 is 1.10 bits per heavy atom. The lowest BCUT2D eigenvalue weighted by Gasteiger charge is -2.13. The first kappa shape index (κ1) is 20.6. The van der Waals surface area contributed by atoms with Gasteiger partial charge in [-0.2, -0.15) is 0 Å². The summed E-state index contributed by atoms with van der Waals surface area (Å²) in [7, 11) is 0. The normalized spacial score (nSPS) is 11.9. The summed E-state index contributed by atoms with van der Waals surface area (Å²) in [5, 5.41) is 13.1. The highest BCUT2D eigenvalue weighted by atomic mass is 32.1. The van der Waals surface area contributed by atoms with Gasteiger partial charge in [0, 0.05) is 12.1 Å². The van der Waals surface area contributed by atoms with Crippen molar-refractivity contribution in [2.75, 3.05) is 6.54 Å². The smallest absolute Gasteiger partial charge is 0.266 e. The van der Waals surface area contributed by atoms with Crippen molar-refractivity contribution in [2.24, 2.45) is 0 Å². The molecule has 31 heavy (non-hydrogen) atoms. The van der Waals surface area contributed by atoms with Crippen LogP contribution in [0.1, 0.15) is 22.0 Å². The molecule has 0 fully saturated rings. The fourth-order valence-corrected chi connectivity index (χ4v) is 3.59. The molecule has 0 aliphatic rings. The summed E-state index contributed by atoms with van der Waals surface area (Å²) in [6, 6.07) is 19.3. The number of amides is 1. The van der Waals surface area contributed by atoms with E-state index >= 15 is 0 Å². The molecule has 0 saturated heterocycles. The summed E-state index contributed by atoms with van der Waals surface area (Å²) < 4.78 is 15.3. The zero-order valence-electron chi connectivity index (χ0n) is 16.2. The molecule has 1 aromatic heterocycles. The summed E-state index contributed by atoms with van der Waals surface area (Å²) in [6.45, 7) is 0.0335. The molecule has 156 valence electrons. The van der Waals surface area contributed by atoms with Crippen LogP contribution in [0.4, 0.5) is 4.39 Å². The van der Waals surface area contributed by atoms with Crippen LogP contribution in [-0.4, -0.2) is 27.1 Å². The van der Waals surface area contributed by atoms with Crippen LogP contribution in [0.2, 0.25) is 0 Å². The highest BCUT2D eigenvalue weighted by Gasteiger charge is 2.14. The largest absolute Gasteiger partial charge is 0.387 e. The minimum absolute atomic E-state index is 0.0136. The van der Waals surface area contributed by atoms with Gasteiger partial charge in [0.15, 0.2) is 4.77 Å². The van der Waals surface area contributed by atoms with Gasteiger partial charge in [0.2, 0.25) is 0 Å². The quantitative estimate of drug-likeness (QED) is 0.418. The number of aromatic amines is 1. The maximum atomic E-state index is 14.2. The first-order chi connectivity index (χ1) is 15.0. The van der Waals surface area contributed by atoms with Crippen LogP contribution in [-0.2, 0) is 0 Å². The van der Waals surface area contributed by atoms with E-state index in [4.69, 9.17) is 12.2 Å². The maximum absolute atomic E-state index is 14.2. The van der Waals surface area contributed by atoms with Crippen molar-refractivity contribution in [3.8, 4) is 5.69 Å². The fraction of sp³-hybridized carbons (Fsp3) is 0.0870. The molecule has 3 N–H and O–H groups in total. The summed E-state index contributed by atoms with van der Waals surface area (Å²) in [5.74, 6) is -0.981. The summed E-state index contributed by atoms with van der Waals surface area (Å²) >= 11 is 5.26. The van der Waals surface area contributed by atoms with Gasteiger partial charge in [0.25, 0.3) is 11.5 Å². The minimum Gasteiger partial charge on any atom is -0.387 e. The first-order valence-corrected chi connectivity index (χ1v) is 9.92. The second kappa shape index (κ2) is 8.63. The predicted octanol–water partition coefficient (Wildman–Crippen LogP) is 3.65. The van der Waals surface area contributed by atoms with Crippen molar-refractivity contribution in [3.05, 3.63) is 105 Å². The van der Waals surface area contributed by atoms with Gasteiger partial charge < -0.3 is 15.4 Å². The van der Waals surface area contributed by atoms with Crippen molar-refractivity contribution < 1.29 is 14.3 Å². The molecule has 0 aliphatic heterocycles. The van der Waals surface area contributed by atoms with E-state index in [9.17, 15) is 19.1 Å². The minimum atomic E-state index is -0.843. The number of nitrogens with zero attached hydrogens (tertiary/aromatic N) is 1. The fourth-order valence-electron chi connectivity index (χ4n) is 3.30. The number of hydrogen-bond acceptors (Lipinski definition) is 4. The Bertz CT molecular complexity index is 1380. The number of benzene rings is 3. The Labute approximate surface area is 181 Å². The molecule has 0 spiro atoms. The SMILES string of the molecule is O=C(NCC(O)c1ccccc1)c1ccc2c(=O)n(-c3ccccc3F)c(=S)[nH]c2c1. The van der Waals surface area contributed by atoms with Crippen LogP contribution in [0.25, 0.3) is 16.6 Å². The molecule has 1 amide bonds. The average molecular weight is 435 g/mol. The Kier molecular flexibility index (Phi) is 5.75. The van der Waals surface area contributed by atoms with E-state index in [2.05, 4.69) is 10.3 Å². The number of aliphatic hydroxyl groups excluding tert-OH is 1. The molecule has 4 rings (SSSR count). The summed E-state index contributed by atoms with van der Waals surface area (Å²) in [4.78, 5) is 28.4.